The van der Waals surface area contributed by atoms with E-state index in [1.807, 2.05) is 0 Å². The fourth-order valence-electron chi connectivity index (χ4n) is 2.22. The number of anilines is 1. The van der Waals surface area contributed by atoms with Gasteiger partial charge >= 0.3 is 0 Å². The van der Waals surface area contributed by atoms with Crippen molar-refractivity contribution >= 4 is 11.6 Å². The number of benzene rings is 1. The van der Waals surface area contributed by atoms with Crippen LogP contribution in [0.15, 0.2) is 12.1 Å². The lowest BCUT2D eigenvalue weighted by Crippen LogP contribution is -2.50. The molecule has 1 aromatic rings. The van der Waals surface area contributed by atoms with E-state index in [-0.39, 0.29) is 23.2 Å². The van der Waals surface area contributed by atoms with Crippen LogP contribution in [0.2, 0.25) is 0 Å². The predicted molar refractivity (Wildman–Crippen MR) is 65.5 cm³/mol. The normalized spacial score (nSPS) is 20.3. The van der Waals surface area contributed by atoms with Crippen LogP contribution < -0.4 is 10.2 Å². The van der Waals surface area contributed by atoms with E-state index in [2.05, 4.69) is 5.32 Å². The summed E-state index contributed by atoms with van der Waals surface area (Å²) in [4.78, 5) is 13.4. The van der Waals surface area contributed by atoms with E-state index < -0.39 is 11.6 Å². The monoisotopic (exact) mass is 254 g/mol. The van der Waals surface area contributed by atoms with Crippen LogP contribution >= 0.6 is 0 Å². The van der Waals surface area contributed by atoms with Gasteiger partial charge in [-0.1, -0.05) is 0 Å². The second kappa shape index (κ2) is 5.02. The highest BCUT2D eigenvalue weighted by atomic mass is 19.1. The number of hydrogen-bond donors (Lipinski definition) is 1. The van der Waals surface area contributed by atoms with Crippen molar-refractivity contribution in [2.45, 2.75) is 25.8 Å². The summed E-state index contributed by atoms with van der Waals surface area (Å²) in [5, 5.41) is 2.89. The third-order valence-electron chi connectivity index (χ3n) is 3.31. The number of halogens is 2. The van der Waals surface area contributed by atoms with Gasteiger partial charge in [-0.2, -0.15) is 0 Å². The molecule has 1 aliphatic rings. The Kier molecular flexibility index (Phi) is 3.61. The predicted octanol–water partition coefficient (Wildman–Crippen LogP) is 1.99. The number of piperidine rings is 1. The van der Waals surface area contributed by atoms with Gasteiger partial charge in [0.1, 0.15) is 11.6 Å². The Morgan fingerprint density at radius 3 is 2.72 bits per heavy atom. The summed E-state index contributed by atoms with van der Waals surface area (Å²) in [5.74, 6) is -1.25. The maximum absolute atomic E-state index is 13.8. The van der Waals surface area contributed by atoms with Gasteiger partial charge in [0.25, 0.3) is 0 Å². The number of carbonyl (C=O) groups excluding carboxylic acids is 1. The van der Waals surface area contributed by atoms with E-state index in [0.29, 0.717) is 6.54 Å². The zero-order valence-electron chi connectivity index (χ0n) is 10.5. The first kappa shape index (κ1) is 13.0. The second-order valence-electron chi connectivity index (χ2n) is 4.53. The number of nitrogens with zero attached hydrogens (tertiary/aromatic N) is 1. The largest absolute Gasteiger partial charge is 0.309 e. The fourth-order valence-corrected chi connectivity index (χ4v) is 2.22. The first-order valence-electron chi connectivity index (χ1n) is 5.99. The second-order valence-corrected chi connectivity index (χ2v) is 4.53. The Labute approximate surface area is 105 Å². The Morgan fingerprint density at radius 2 is 2.06 bits per heavy atom. The van der Waals surface area contributed by atoms with Crippen molar-refractivity contribution in [2.24, 2.45) is 0 Å². The van der Waals surface area contributed by atoms with Crippen molar-refractivity contribution in [1.82, 2.24) is 5.32 Å². The molecule has 1 aromatic carbocycles. The van der Waals surface area contributed by atoms with E-state index in [0.717, 1.165) is 25.0 Å². The zero-order chi connectivity index (χ0) is 13.3. The van der Waals surface area contributed by atoms with Gasteiger partial charge in [0.15, 0.2) is 0 Å². The number of amides is 1. The first-order chi connectivity index (χ1) is 8.54. The Hall–Kier alpha value is -1.49. The lowest BCUT2D eigenvalue weighted by Gasteiger charge is -2.32. The quantitative estimate of drug-likeness (QED) is 0.875. The molecule has 1 fully saturated rings. The summed E-state index contributed by atoms with van der Waals surface area (Å²) in [5.41, 5.74) is 0.272. The summed E-state index contributed by atoms with van der Waals surface area (Å²) in [6, 6.07) is 1.91. The van der Waals surface area contributed by atoms with Gasteiger partial charge in [0.05, 0.1) is 11.7 Å². The van der Waals surface area contributed by atoms with Crippen molar-refractivity contribution in [3.63, 3.8) is 0 Å². The van der Waals surface area contributed by atoms with Crippen LogP contribution in [-0.4, -0.2) is 25.5 Å². The Bertz CT molecular complexity index is 476. The molecule has 1 atom stereocenters. The Morgan fingerprint density at radius 1 is 1.33 bits per heavy atom. The molecule has 1 aliphatic heterocycles. The van der Waals surface area contributed by atoms with Gasteiger partial charge in [-0.05, 0) is 38.4 Å². The van der Waals surface area contributed by atoms with Crippen molar-refractivity contribution in [2.75, 3.05) is 18.5 Å². The first-order valence-corrected chi connectivity index (χ1v) is 5.99. The summed E-state index contributed by atoms with van der Waals surface area (Å²) >= 11 is 0. The van der Waals surface area contributed by atoms with Gasteiger partial charge in [0, 0.05) is 12.6 Å². The van der Waals surface area contributed by atoms with E-state index >= 15 is 0 Å². The maximum atomic E-state index is 13.8. The molecular weight excluding hydrogens is 238 g/mol. The summed E-state index contributed by atoms with van der Waals surface area (Å²) < 4.78 is 27.3. The molecule has 1 saturated heterocycles. The number of carbonyl (C=O) groups is 1. The highest BCUT2D eigenvalue weighted by Gasteiger charge is 2.30. The minimum absolute atomic E-state index is 0.0306. The van der Waals surface area contributed by atoms with Gasteiger partial charge in [-0.3, -0.25) is 4.79 Å². The molecule has 98 valence electrons. The van der Waals surface area contributed by atoms with Crippen molar-refractivity contribution in [3.8, 4) is 0 Å². The maximum Gasteiger partial charge on any atom is 0.244 e. The van der Waals surface area contributed by atoms with Gasteiger partial charge in [0.2, 0.25) is 5.91 Å². The topological polar surface area (TPSA) is 32.3 Å². The molecular formula is C13H16F2N2O. The molecule has 1 amide bonds. The third kappa shape index (κ3) is 2.22. The number of rotatable bonds is 2. The summed E-state index contributed by atoms with van der Waals surface area (Å²) in [6.07, 6.45) is 1.49. The molecule has 1 unspecified atom stereocenters. The average Bonchev–Trinajstić information content (AvgIpc) is 2.34. The molecule has 3 nitrogen and oxygen atoms in total. The van der Waals surface area contributed by atoms with Crippen LogP contribution in [0.4, 0.5) is 14.5 Å². The van der Waals surface area contributed by atoms with Gasteiger partial charge in [-0.15, -0.1) is 0 Å². The van der Waals surface area contributed by atoms with Crippen LogP contribution in [-0.2, 0) is 4.79 Å². The minimum atomic E-state index is -0.556. The molecule has 0 saturated carbocycles. The molecule has 0 aliphatic carbocycles. The molecule has 0 radical (unpaired) electrons. The van der Waals surface area contributed by atoms with Crippen LogP contribution in [0.5, 0.6) is 0 Å². The molecule has 0 aromatic heterocycles. The van der Waals surface area contributed by atoms with Crippen molar-refractivity contribution in [3.05, 3.63) is 29.3 Å². The molecule has 0 spiro atoms. The SMILES string of the molecule is CNC1CCCN(c2cc(F)c(C)cc2F)C1=O. The standard InChI is InChI=1S/C13H16F2N2O/c1-8-6-10(15)12(7-9(8)14)17-5-3-4-11(16-2)13(17)18/h6-7,11,16H,3-5H2,1-2H3. The summed E-state index contributed by atoms with van der Waals surface area (Å²) in [6.45, 7) is 1.92. The van der Waals surface area contributed by atoms with Crippen LogP contribution in [0.3, 0.4) is 0 Å². The summed E-state index contributed by atoms with van der Waals surface area (Å²) in [7, 11) is 1.69. The van der Waals surface area contributed by atoms with E-state index in [1.165, 1.54) is 11.8 Å². The lowest BCUT2D eigenvalue weighted by molar-refractivity contribution is -0.121. The van der Waals surface area contributed by atoms with E-state index in [4.69, 9.17) is 0 Å². The smallest absolute Gasteiger partial charge is 0.244 e. The lowest BCUT2D eigenvalue weighted by atomic mass is 10.0. The van der Waals surface area contributed by atoms with Crippen LogP contribution in [0, 0.1) is 18.6 Å². The molecule has 0 bridgehead atoms. The highest BCUT2D eigenvalue weighted by Crippen LogP contribution is 2.26. The zero-order valence-corrected chi connectivity index (χ0v) is 10.5. The molecule has 18 heavy (non-hydrogen) atoms. The average molecular weight is 254 g/mol. The van der Waals surface area contributed by atoms with Crippen molar-refractivity contribution in [1.29, 1.82) is 0 Å². The molecule has 5 heteroatoms. The van der Waals surface area contributed by atoms with Gasteiger partial charge < -0.3 is 10.2 Å². The van der Waals surface area contributed by atoms with Crippen molar-refractivity contribution < 1.29 is 13.6 Å². The van der Waals surface area contributed by atoms with E-state index in [9.17, 15) is 13.6 Å². The number of hydrogen-bond acceptors (Lipinski definition) is 2. The Balaban J connectivity index is 2.36. The molecule has 1 N–H and O–H groups in total. The number of aryl methyl sites for hydroxylation is 1. The van der Waals surface area contributed by atoms with E-state index in [1.54, 1.807) is 7.05 Å². The number of nitrogens with one attached hydrogen (secondary N) is 1. The molecule has 1 heterocycles. The van der Waals surface area contributed by atoms with Crippen LogP contribution in [0.1, 0.15) is 18.4 Å². The van der Waals surface area contributed by atoms with Gasteiger partial charge in [-0.25, -0.2) is 8.78 Å². The fraction of sp³-hybridized carbons (Fsp3) is 0.462. The minimum Gasteiger partial charge on any atom is -0.309 e. The third-order valence-corrected chi connectivity index (χ3v) is 3.31. The van der Waals surface area contributed by atoms with Crippen LogP contribution in [0.25, 0.3) is 0 Å². The number of likely N-dealkylation sites (N-methyl/N-ethyl adjacent to an activating group) is 1. The highest BCUT2D eigenvalue weighted by molar-refractivity contribution is 5.98. The molecule has 2 rings (SSSR count).